The van der Waals surface area contributed by atoms with Crippen LogP contribution in [0, 0.1) is 0 Å². The number of fused-ring (bicyclic) bond motifs is 1. The fourth-order valence-corrected chi connectivity index (χ4v) is 4.74. The Labute approximate surface area is 182 Å². The van der Waals surface area contributed by atoms with Crippen LogP contribution in [0.1, 0.15) is 23.8 Å². The lowest BCUT2D eigenvalue weighted by atomic mass is 10.3. The molecule has 3 heterocycles. The minimum atomic E-state index is -0.0402. The third-order valence-corrected chi connectivity index (χ3v) is 6.67. The highest BCUT2D eigenvalue weighted by Gasteiger charge is 2.30. The van der Waals surface area contributed by atoms with Crippen LogP contribution in [0.5, 0.6) is 5.75 Å². The molecule has 0 spiro atoms. The van der Waals surface area contributed by atoms with Crippen molar-refractivity contribution in [2.45, 2.75) is 18.8 Å². The molecule has 2 aliphatic rings. The summed E-state index contributed by atoms with van der Waals surface area (Å²) in [5.41, 5.74) is 6.77. The summed E-state index contributed by atoms with van der Waals surface area (Å²) in [5, 5.41) is 1.76. The second-order valence-corrected chi connectivity index (χ2v) is 8.94. The van der Waals surface area contributed by atoms with Crippen molar-refractivity contribution in [3.05, 3.63) is 34.3 Å². The maximum atomic E-state index is 12.5. The predicted molar refractivity (Wildman–Crippen MR) is 117 cm³/mol. The molecule has 5 rings (SSSR count). The van der Waals surface area contributed by atoms with Gasteiger partial charge in [-0.2, -0.15) is 4.98 Å². The highest BCUT2D eigenvalue weighted by Crippen LogP contribution is 2.44. The Morgan fingerprint density at radius 2 is 1.87 bits per heavy atom. The van der Waals surface area contributed by atoms with Gasteiger partial charge < -0.3 is 20.3 Å². The summed E-state index contributed by atoms with van der Waals surface area (Å²) in [6.07, 6.45) is 2.38. The zero-order valence-corrected chi connectivity index (χ0v) is 17.8. The molecule has 30 heavy (non-hydrogen) atoms. The monoisotopic (exact) mass is 444 g/mol. The SMILES string of the molecule is Nc1nc(N2CCN(C(=O)COc3ccc(Cl)cc3)CC2)c2nc(C3CC3)sc2n1. The van der Waals surface area contributed by atoms with Crippen LogP contribution in [0.25, 0.3) is 10.3 Å². The van der Waals surface area contributed by atoms with Gasteiger partial charge in [-0.05, 0) is 37.1 Å². The van der Waals surface area contributed by atoms with E-state index in [-0.39, 0.29) is 18.5 Å². The maximum absolute atomic E-state index is 12.5. The molecular formula is C20H21ClN6O2S. The number of anilines is 2. The van der Waals surface area contributed by atoms with Gasteiger partial charge in [0.2, 0.25) is 5.95 Å². The number of nitrogens with zero attached hydrogens (tertiary/aromatic N) is 5. The summed E-state index contributed by atoms with van der Waals surface area (Å²) in [6.45, 7) is 2.51. The van der Waals surface area contributed by atoms with E-state index < -0.39 is 0 Å². The van der Waals surface area contributed by atoms with Crippen molar-refractivity contribution in [1.29, 1.82) is 0 Å². The average Bonchev–Trinajstić information content (AvgIpc) is 3.52. The van der Waals surface area contributed by atoms with Crippen molar-refractivity contribution < 1.29 is 9.53 Å². The van der Waals surface area contributed by atoms with E-state index in [9.17, 15) is 4.79 Å². The topological polar surface area (TPSA) is 97.5 Å². The molecule has 3 aromatic rings. The highest BCUT2D eigenvalue weighted by molar-refractivity contribution is 7.18. The minimum Gasteiger partial charge on any atom is -0.484 e. The van der Waals surface area contributed by atoms with Gasteiger partial charge in [0.05, 0.1) is 5.01 Å². The van der Waals surface area contributed by atoms with Crippen LogP contribution in [0.2, 0.25) is 5.02 Å². The molecule has 2 fully saturated rings. The van der Waals surface area contributed by atoms with Gasteiger partial charge in [-0.25, -0.2) is 9.97 Å². The number of hydrogen-bond donors (Lipinski definition) is 1. The van der Waals surface area contributed by atoms with E-state index in [2.05, 4.69) is 14.9 Å². The van der Waals surface area contributed by atoms with Crippen LogP contribution in [0.3, 0.4) is 0 Å². The number of amides is 1. The van der Waals surface area contributed by atoms with E-state index >= 15 is 0 Å². The fraction of sp³-hybridized carbons (Fsp3) is 0.400. The number of ether oxygens (including phenoxy) is 1. The van der Waals surface area contributed by atoms with E-state index in [0.29, 0.717) is 42.9 Å². The Morgan fingerprint density at radius 1 is 1.13 bits per heavy atom. The van der Waals surface area contributed by atoms with E-state index in [1.807, 2.05) is 4.90 Å². The highest BCUT2D eigenvalue weighted by atomic mass is 35.5. The molecule has 1 amide bonds. The predicted octanol–water partition coefficient (Wildman–Crippen LogP) is 2.93. The first-order valence-corrected chi connectivity index (χ1v) is 11.1. The summed E-state index contributed by atoms with van der Waals surface area (Å²) < 4.78 is 5.58. The van der Waals surface area contributed by atoms with Crippen molar-refractivity contribution >= 4 is 51.0 Å². The number of hydrogen-bond acceptors (Lipinski definition) is 8. The van der Waals surface area contributed by atoms with Gasteiger partial charge in [0.1, 0.15) is 11.3 Å². The van der Waals surface area contributed by atoms with Gasteiger partial charge in [-0.3, -0.25) is 4.79 Å². The largest absolute Gasteiger partial charge is 0.484 e. The Hall–Kier alpha value is -2.65. The van der Waals surface area contributed by atoms with Crippen molar-refractivity contribution in [3.63, 3.8) is 0 Å². The van der Waals surface area contributed by atoms with Crippen molar-refractivity contribution in [2.75, 3.05) is 43.4 Å². The lowest BCUT2D eigenvalue weighted by molar-refractivity contribution is -0.133. The zero-order chi connectivity index (χ0) is 20.7. The minimum absolute atomic E-state index is 0.00314. The lowest BCUT2D eigenvalue weighted by Gasteiger charge is -2.35. The number of benzene rings is 1. The normalized spacial score (nSPS) is 16.8. The van der Waals surface area contributed by atoms with E-state index in [1.165, 1.54) is 12.8 Å². The van der Waals surface area contributed by atoms with Gasteiger partial charge in [-0.1, -0.05) is 22.9 Å². The molecule has 1 aliphatic heterocycles. The van der Waals surface area contributed by atoms with Crippen molar-refractivity contribution in [3.8, 4) is 5.75 Å². The molecule has 0 radical (unpaired) electrons. The molecule has 10 heteroatoms. The Morgan fingerprint density at radius 3 is 2.57 bits per heavy atom. The molecule has 2 aromatic heterocycles. The number of nitrogens with two attached hydrogens (primary N) is 1. The second kappa shape index (κ2) is 7.88. The molecule has 1 aromatic carbocycles. The van der Waals surface area contributed by atoms with Crippen molar-refractivity contribution in [1.82, 2.24) is 19.9 Å². The summed E-state index contributed by atoms with van der Waals surface area (Å²) in [6, 6.07) is 6.98. The van der Waals surface area contributed by atoms with Crippen molar-refractivity contribution in [2.24, 2.45) is 0 Å². The summed E-state index contributed by atoms with van der Waals surface area (Å²) in [7, 11) is 0. The van der Waals surface area contributed by atoms with Crippen LogP contribution in [-0.4, -0.2) is 58.5 Å². The molecule has 156 valence electrons. The lowest BCUT2D eigenvalue weighted by Crippen LogP contribution is -2.50. The van der Waals surface area contributed by atoms with Gasteiger partial charge in [-0.15, -0.1) is 0 Å². The van der Waals surface area contributed by atoms with Crippen LogP contribution >= 0.6 is 22.9 Å². The first-order chi connectivity index (χ1) is 14.6. The van der Waals surface area contributed by atoms with Crippen LogP contribution < -0.4 is 15.4 Å². The number of thiazole rings is 1. The first kappa shape index (κ1) is 19.3. The number of nitrogen functional groups attached to an aromatic ring is 1. The van der Waals surface area contributed by atoms with Crippen LogP contribution in [0.4, 0.5) is 11.8 Å². The number of piperazine rings is 1. The number of carbonyl (C=O) groups is 1. The first-order valence-electron chi connectivity index (χ1n) is 9.92. The molecule has 2 N–H and O–H groups in total. The Bertz CT molecular complexity index is 1080. The molecule has 8 nitrogen and oxygen atoms in total. The second-order valence-electron chi connectivity index (χ2n) is 7.50. The Balaban J connectivity index is 1.23. The number of halogens is 1. The van der Waals surface area contributed by atoms with Gasteiger partial charge in [0.25, 0.3) is 5.91 Å². The number of rotatable bonds is 5. The van der Waals surface area contributed by atoms with Crippen LogP contribution in [0.15, 0.2) is 24.3 Å². The third kappa shape index (κ3) is 3.99. The van der Waals surface area contributed by atoms with Crippen LogP contribution in [-0.2, 0) is 4.79 Å². The average molecular weight is 445 g/mol. The number of aromatic nitrogens is 3. The smallest absolute Gasteiger partial charge is 0.260 e. The van der Waals surface area contributed by atoms with E-state index in [1.54, 1.807) is 35.6 Å². The maximum Gasteiger partial charge on any atom is 0.260 e. The van der Waals surface area contributed by atoms with E-state index in [4.69, 9.17) is 27.1 Å². The quantitative estimate of drug-likeness (QED) is 0.646. The van der Waals surface area contributed by atoms with Gasteiger partial charge >= 0.3 is 0 Å². The van der Waals surface area contributed by atoms with Gasteiger partial charge in [0, 0.05) is 37.1 Å². The number of carbonyl (C=O) groups excluding carboxylic acids is 1. The summed E-state index contributed by atoms with van der Waals surface area (Å²) in [5.74, 6) is 2.18. The third-order valence-electron chi connectivity index (χ3n) is 5.31. The Kier molecular flexibility index (Phi) is 5.08. The molecule has 0 bridgehead atoms. The summed E-state index contributed by atoms with van der Waals surface area (Å²) in [4.78, 5) is 31.0. The fourth-order valence-electron chi connectivity index (χ4n) is 3.50. The molecule has 1 aliphatic carbocycles. The summed E-state index contributed by atoms with van der Waals surface area (Å²) >= 11 is 7.48. The van der Waals surface area contributed by atoms with E-state index in [0.717, 1.165) is 21.2 Å². The van der Waals surface area contributed by atoms with Gasteiger partial charge in [0.15, 0.2) is 17.3 Å². The zero-order valence-electron chi connectivity index (χ0n) is 16.3. The molecule has 0 atom stereocenters. The molecule has 0 unspecified atom stereocenters. The molecule has 1 saturated heterocycles. The molecule has 1 saturated carbocycles. The molecular weight excluding hydrogens is 424 g/mol. The standard InChI is InChI=1S/C20H21ClN6O2S/c21-13-3-5-14(6-4-13)29-11-15(28)26-7-9-27(10-8-26)17-16-19(25-20(22)24-17)30-18(23-16)12-1-2-12/h3-6,12H,1-2,7-11H2,(H2,22,24,25).